The van der Waals surface area contributed by atoms with E-state index in [4.69, 9.17) is 14.8 Å². The molecule has 20 nitrogen and oxygen atoms in total. The van der Waals surface area contributed by atoms with E-state index in [-0.39, 0.29) is 57.1 Å². The Hall–Kier alpha value is -2.99. The van der Waals surface area contributed by atoms with E-state index in [0.29, 0.717) is 85.9 Å². The van der Waals surface area contributed by atoms with E-state index in [9.17, 15) is 56.4 Å². The third kappa shape index (κ3) is 45.0. The molecule has 0 aromatic rings. The second-order valence-electron chi connectivity index (χ2n) is 10.8. The highest BCUT2D eigenvalue weighted by atomic mass is 32.2. The lowest BCUT2D eigenvalue weighted by Gasteiger charge is -2.15. The first-order valence-electron chi connectivity index (χ1n) is 15.6. The molecule has 0 radical (unpaired) electrons. The lowest BCUT2D eigenvalue weighted by atomic mass is 10.2. The fraction of sp³-hybridized carbons (Fsp3) is 0.815. The van der Waals surface area contributed by atoms with Gasteiger partial charge in [0.2, 0.25) is 29.5 Å². The van der Waals surface area contributed by atoms with E-state index in [1.54, 1.807) is 0 Å². The van der Waals surface area contributed by atoms with E-state index < -0.39 is 38.0 Å². The molecule has 22 heteroatoms. The van der Waals surface area contributed by atoms with Gasteiger partial charge in [0, 0.05) is 65.3 Å². The Kier molecular flexibility index (Phi) is 30.7. The first-order valence-corrected chi connectivity index (χ1v) is 19.3. The van der Waals surface area contributed by atoms with E-state index in [0.717, 1.165) is 19.3 Å². The molecule has 0 aromatic carbocycles. The molecule has 5 amide bonds. The van der Waals surface area contributed by atoms with Crippen LogP contribution in [-0.2, 0) is 44.2 Å². The third-order valence-electron chi connectivity index (χ3n) is 5.88. The summed E-state index contributed by atoms with van der Waals surface area (Å²) in [6, 6.07) is 0. The van der Waals surface area contributed by atoms with Crippen LogP contribution in [0.15, 0.2) is 0 Å². The Morgan fingerprint density at radius 2 is 0.857 bits per heavy atom. The highest BCUT2D eigenvalue weighted by Gasteiger charge is 2.14. The van der Waals surface area contributed by atoms with Crippen LogP contribution in [0.5, 0.6) is 0 Å². The van der Waals surface area contributed by atoms with Crippen molar-refractivity contribution in [1.82, 2.24) is 25.8 Å². The summed E-state index contributed by atoms with van der Waals surface area (Å²) in [5.74, 6) is -2.05. The summed E-state index contributed by atoms with van der Waals surface area (Å²) in [6.45, 7) is 3.22. The van der Waals surface area contributed by atoms with Crippen molar-refractivity contribution >= 4 is 49.8 Å². The van der Waals surface area contributed by atoms with Gasteiger partial charge in [-0.3, -0.25) is 48.7 Å². The first-order chi connectivity index (χ1) is 22.6. The Bertz CT molecular complexity index is 1130. The number of hydrogen-bond acceptors (Lipinski definition) is 13. The van der Waals surface area contributed by atoms with Crippen LogP contribution < -0.4 is 16.4 Å². The molecule has 0 aliphatic heterocycles. The van der Waals surface area contributed by atoms with Gasteiger partial charge in [0.25, 0.3) is 20.2 Å². The van der Waals surface area contributed by atoms with Gasteiger partial charge in [-0.2, -0.15) is 16.8 Å². The van der Waals surface area contributed by atoms with Crippen LogP contribution in [0.4, 0.5) is 0 Å². The summed E-state index contributed by atoms with van der Waals surface area (Å²) in [5, 5.41) is 36.1. The quantitative estimate of drug-likeness (QED) is 0.0293. The van der Waals surface area contributed by atoms with Crippen LogP contribution in [-0.4, -0.2) is 138 Å². The normalized spacial score (nSPS) is 10.8. The van der Waals surface area contributed by atoms with Crippen molar-refractivity contribution in [2.45, 2.75) is 90.4 Å². The highest BCUT2D eigenvalue weighted by molar-refractivity contribution is 7.85. The first kappa shape index (κ1) is 50.4. The number of nitrogens with zero attached hydrogens (tertiary/aromatic N) is 3. The number of nitrogens with two attached hydrogens (primary N) is 1. The lowest BCUT2D eigenvalue weighted by molar-refractivity contribution is -0.166. The molecule has 0 rings (SSSR count). The van der Waals surface area contributed by atoms with E-state index >= 15 is 0 Å². The minimum absolute atomic E-state index is 0.0191. The zero-order valence-electron chi connectivity index (χ0n) is 28.6. The Balaban J connectivity index is -0.00000183. The van der Waals surface area contributed by atoms with Crippen LogP contribution in [0, 0.1) is 0 Å². The Morgan fingerprint density at radius 3 is 1.16 bits per heavy atom. The van der Waals surface area contributed by atoms with Gasteiger partial charge in [-0.05, 0) is 57.9 Å². The average molecular weight is 753 g/mol. The Morgan fingerprint density at radius 1 is 0.551 bits per heavy atom. The number of hydroxylamine groups is 6. The number of hydrogen-bond donors (Lipinski definition) is 8. The minimum Gasteiger partial charge on any atom is -0.356 e. The average Bonchev–Trinajstić information content (AvgIpc) is 2.98. The van der Waals surface area contributed by atoms with Crippen LogP contribution >= 0.6 is 0 Å². The third-order valence-corrected chi connectivity index (χ3v) is 5.88. The number of amides is 5. The standard InChI is InChI=1S/C25H48N6O8.2CH4O3S/c1-21(32)29(37)18-9-3-6-16-27-22(33)12-14-25(36)31(39)20-10-4-7-17-28-23(34)11-13-24(35)30(38)19-8-2-5-15-26;2*1-5(2,3)4/h37-39H,2-20,26H2,1H3,(H,27,33)(H,28,34);2*1H3,(H,2,3,4). The number of carbonyl (C=O) groups is 5. The van der Waals surface area contributed by atoms with Gasteiger partial charge >= 0.3 is 0 Å². The summed E-state index contributed by atoms with van der Waals surface area (Å²) in [6.07, 6.45) is 7.27. The zero-order valence-corrected chi connectivity index (χ0v) is 30.2. The summed E-state index contributed by atoms with van der Waals surface area (Å²) in [7, 11) is -7.33. The molecular formula is C27H56N6O14S2. The van der Waals surface area contributed by atoms with Gasteiger partial charge in [-0.15, -0.1) is 0 Å². The molecule has 0 bridgehead atoms. The molecule has 0 aliphatic rings. The van der Waals surface area contributed by atoms with Crippen LogP contribution in [0.3, 0.4) is 0 Å². The van der Waals surface area contributed by atoms with Gasteiger partial charge in [0.05, 0.1) is 12.5 Å². The van der Waals surface area contributed by atoms with E-state index in [1.165, 1.54) is 6.92 Å². The monoisotopic (exact) mass is 752 g/mol. The molecule has 290 valence electrons. The lowest BCUT2D eigenvalue weighted by Crippen LogP contribution is -2.31. The van der Waals surface area contributed by atoms with Gasteiger partial charge < -0.3 is 16.4 Å². The molecule has 0 atom stereocenters. The fourth-order valence-electron chi connectivity index (χ4n) is 3.45. The summed E-state index contributed by atoms with van der Waals surface area (Å²) >= 11 is 0. The van der Waals surface area contributed by atoms with Crippen molar-refractivity contribution in [2.24, 2.45) is 5.73 Å². The van der Waals surface area contributed by atoms with Crippen molar-refractivity contribution in [3.63, 3.8) is 0 Å². The van der Waals surface area contributed by atoms with Gasteiger partial charge in [0.1, 0.15) is 0 Å². The second-order valence-corrected chi connectivity index (χ2v) is 13.7. The fourth-order valence-corrected chi connectivity index (χ4v) is 3.45. The summed E-state index contributed by atoms with van der Waals surface area (Å²) < 4.78 is 51.7. The van der Waals surface area contributed by atoms with Gasteiger partial charge in [-0.25, -0.2) is 15.2 Å². The van der Waals surface area contributed by atoms with Crippen molar-refractivity contribution in [2.75, 3.05) is 51.8 Å². The summed E-state index contributed by atoms with van der Waals surface area (Å²) in [4.78, 5) is 58.4. The van der Waals surface area contributed by atoms with E-state index in [1.807, 2.05) is 0 Å². The van der Waals surface area contributed by atoms with Crippen LogP contribution in [0.1, 0.15) is 90.4 Å². The van der Waals surface area contributed by atoms with Gasteiger partial charge in [-0.1, -0.05) is 6.42 Å². The molecule has 0 aromatic heterocycles. The maximum Gasteiger partial charge on any atom is 0.261 e. The molecule has 0 saturated carbocycles. The van der Waals surface area contributed by atoms with Crippen molar-refractivity contribution in [3.8, 4) is 0 Å². The number of carbonyl (C=O) groups excluding carboxylic acids is 5. The Labute approximate surface area is 288 Å². The highest BCUT2D eigenvalue weighted by Crippen LogP contribution is 2.03. The maximum atomic E-state index is 12.0. The molecule has 9 N–H and O–H groups in total. The number of rotatable bonds is 23. The van der Waals surface area contributed by atoms with Crippen molar-refractivity contribution in [1.29, 1.82) is 0 Å². The van der Waals surface area contributed by atoms with E-state index in [2.05, 4.69) is 10.6 Å². The smallest absolute Gasteiger partial charge is 0.261 e. The van der Waals surface area contributed by atoms with Crippen molar-refractivity contribution < 1.29 is 65.5 Å². The van der Waals surface area contributed by atoms with Crippen molar-refractivity contribution in [3.05, 3.63) is 0 Å². The van der Waals surface area contributed by atoms with Crippen LogP contribution in [0.25, 0.3) is 0 Å². The molecule has 0 aliphatic carbocycles. The topological polar surface area (TPSA) is 315 Å². The molecule has 0 fully saturated rings. The van der Waals surface area contributed by atoms with Crippen LogP contribution in [0.2, 0.25) is 0 Å². The largest absolute Gasteiger partial charge is 0.356 e. The SMILES string of the molecule is CC(=O)N(O)CCCCCNC(=O)CCC(=O)N(O)CCCCCNC(=O)CCC(=O)N(O)CCCCCN.CS(=O)(=O)O.CS(=O)(=O)O. The number of nitrogens with one attached hydrogen (secondary N) is 2. The molecule has 0 heterocycles. The predicted molar refractivity (Wildman–Crippen MR) is 176 cm³/mol. The second kappa shape index (κ2) is 29.9. The van der Waals surface area contributed by atoms with Gasteiger partial charge in [0.15, 0.2) is 0 Å². The predicted octanol–water partition coefficient (Wildman–Crippen LogP) is -0.0699. The molecular weight excluding hydrogens is 696 g/mol. The minimum atomic E-state index is -3.67. The maximum absolute atomic E-state index is 12.0. The molecule has 0 unspecified atom stereocenters. The molecule has 49 heavy (non-hydrogen) atoms. The molecule has 0 spiro atoms. The zero-order chi connectivity index (χ0) is 38.5. The number of unbranched alkanes of at least 4 members (excludes halogenated alkanes) is 6. The molecule has 0 saturated heterocycles. The summed E-state index contributed by atoms with van der Waals surface area (Å²) in [5.41, 5.74) is 5.39.